The van der Waals surface area contributed by atoms with E-state index in [2.05, 4.69) is 55.9 Å². The largest absolute Gasteiger partial charge is 0.487 e. The van der Waals surface area contributed by atoms with Crippen LogP contribution in [0.4, 0.5) is 0 Å². The molecule has 0 amide bonds. The second-order valence-corrected chi connectivity index (χ2v) is 9.70. The fourth-order valence-electron chi connectivity index (χ4n) is 3.77. The Labute approximate surface area is 214 Å². The smallest absolute Gasteiger partial charge is 0.363 e. The molecule has 0 saturated carbocycles. The normalized spacial score (nSPS) is 14.4. The zero-order valence-corrected chi connectivity index (χ0v) is 21.4. The molecule has 0 bridgehead atoms. The summed E-state index contributed by atoms with van der Waals surface area (Å²) in [5, 5.41) is 2.18. The first kappa shape index (κ1) is 22.6. The van der Waals surface area contributed by atoms with Gasteiger partial charge in [-0.15, -0.1) is 0 Å². The minimum Gasteiger partial charge on any atom is -0.487 e. The number of rotatable bonds is 5. The topological polar surface area (TPSA) is 47.9 Å². The molecule has 168 valence electrons. The van der Waals surface area contributed by atoms with Crippen molar-refractivity contribution in [3.63, 3.8) is 0 Å². The van der Waals surface area contributed by atoms with Crippen molar-refractivity contribution in [2.75, 3.05) is 0 Å². The van der Waals surface area contributed by atoms with Crippen molar-refractivity contribution in [1.82, 2.24) is 0 Å². The van der Waals surface area contributed by atoms with E-state index in [1.54, 1.807) is 6.08 Å². The standard InChI is InChI=1S/C28H19Br2NO3/c1-17-5-4-6-18(11-17)16-33-26-23(29)12-19(13-24(26)30)14-25-28(32)34-27(31-25)22-10-9-20-7-2-3-8-21(20)15-22/h2-15H,16H2,1H3/b25-14-. The van der Waals surface area contributed by atoms with Crippen LogP contribution in [0, 0.1) is 6.92 Å². The first-order valence-electron chi connectivity index (χ1n) is 10.7. The molecule has 1 aliphatic rings. The number of aliphatic imine (C=N–C) groups is 1. The lowest BCUT2D eigenvalue weighted by Crippen LogP contribution is -2.05. The predicted molar refractivity (Wildman–Crippen MR) is 142 cm³/mol. The minimum atomic E-state index is -0.477. The molecule has 0 aliphatic carbocycles. The number of fused-ring (bicyclic) bond motifs is 1. The van der Waals surface area contributed by atoms with Crippen molar-refractivity contribution in [2.45, 2.75) is 13.5 Å². The third-order valence-electron chi connectivity index (χ3n) is 5.41. The maximum absolute atomic E-state index is 12.5. The van der Waals surface area contributed by atoms with Crippen molar-refractivity contribution in [3.8, 4) is 5.75 Å². The molecule has 4 aromatic rings. The Morgan fingerprint density at radius 2 is 1.68 bits per heavy atom. The van der Waals surface area contributed by atoms with E-state index in [0.717, 1.165) is 36.4 Å². The lowest BCUT2D eigenvalue weighted by Gasteiger charge is -2.12. The van der Waals surface area contributed by atoms with Crippen LogP contribution in [0.3, 0.4) is 0 Å². The van der Waals surface area contributed by atoms with Crippen LogP contribution in [0.15, 0.2) is 98.5 Å². The maximum Gasteiger partial charge on any atom is 0.363 e. The molecule has 0 N–H and O–H groups in total. The monoisotopic (exact) mass is 575 g/mol. The second kappa shape index (κ2) is 9.57. The van der Waals surface area contributed by atoms with Crippen LogP contribution in [0.5, 0.6) is 5.75 Å². The Morgan fingerprint density at radius 3 is 2.44 bits per heavy atom. The Balaban J connectivity index is 1.39. The lowest BCUT2D eigenvalue weighted by molar-refractivity contribution is -0.129. The quantitative estimate of drug-likeness (QED) is 0.181. The van der Waals surface area contributed by atoms with E-state index in [9.17, 15) is 4.79 Å². The number of carbonyl (C=O) groups excluding carboxylic acids is 1. The van der Waals surface area contributed by atoms with Gasteiger partial charge in [0.15, 0.2) is 5.70 Å². The van der Waals surface area contributed by atoms with E-state index < -0.39 is 5.97 Å². The minimum absolute atomic E-state index is 0.246. The molecule has 0 radical (unpaired) electrons. The van der Waals surface area contributed by atoms with Crippen molar-refractivity contribution >= 4 is 60.6 Å². The number of cyclic esters (lactones) is 1. The van der Waals surface area contributed by atoms with Gasteiger partial charge < -0.3 is 9.47 Å². The summed E-state index contributed by atoms with van der Waals surface area (Å²) in [5.41, 5.74) is 4.08. The average Bonchev–Trinajstić information content (AvgIpc) is 3.18. The molecule has 1 aliphatic heterocycles. The van der Waals surface area contributed by atoms with Gasteiger partial charge in [0.05, 0.1) is 8.95 Å². The van der Waals surface area contributed by atoms with Gasteiger partial charge in [-0.25, -0.2) is 9.79 Å². The lowest BCUT2D eigenvalue weighted by atomic mass is 10.1. The van der Waals surface area contributed by atoms with E-state index in [-0.39, 0.29) is 5.70 Å². The highest BCUT2D eigenvalue weighted by atomic mass is 79.9. The van der Waals surface area contributed by atoms with Crippen LogP contribution in [-0.4, -0.2) is 11.9 Å². The van der Waals surface area contributed by atoms with Gasteiger partial charge in [-0.1, -0.05) is 60.2 Å². The first-order valence-corrected chi connectivity index (χ1v) is 12.2. The molecular formula is C28H19Br2NO3. The number of nitrogens with zero attached hydrogens (tertiary/aromatic N) is 1. The Kier molecular flexibility index (Phi) is 6.35. The van der Waals surface area contributed by atoms with Crippen LogP contribution >= 0.6 is 31.9 Å². The molecule has 1 heterocycles. The van der Waals surface area contributed by atoms with Crippen LogP contribution < -0.4 is 4.74 Å². The fraction of sp³-hybridized carbons (Fsp3) is 0.0714. The van der Waals surface area contributed by atoms with Gasteiger partial charge in [0, 0.05) is 5.56 Å². The Morgan fingerprint density at radius 1 is 0.912 bits per heavy atom. The zero-order valence-electron chi connectivity index (χ0n) is 18.2. The van der Waals surface area contributed by atoms with Crippen LogP contribution in [0.1, 0.15) is 22.3 Å². The number of benzene rings is 4. The van der Waals surface area contributed by atoms with Gasteiger partial charge in [0.1, 0.15) is 12.4 Å². The van der Waals surface area contributed by atoms with Crippen LogP contribution in [-0.2, 0) is 16.1 Å². The summed E-state index contributed by atoms with van der Waals surface area (Å²) in [6, 6.07) is 25.9. The predicted octanol–water partition coefficient (Wildman–Crippen LogP) is 7.60. The summed E-state index contributed by atoms with van der Waals surface area (Å²) < 4.78 is 13.0. The molecule has 34 heavy (non-hydrogen) atoms. The maximum atomic E-state index is 12.5. The van der Waals surface area contributed by atoms with Gasteiger partial charge in [0.2, 0.25) is 5.90 Å². The van der Waals surface area contributed by atoms with E-state index in [1.165, 1.54) is 5.56 Å². The summed E-state index contributed by atoms with van der Waals surface area (Å²) in [6.45, 7) is 2.50. The Bertz CT molecular complexity index is 1470. The number of hydrogen-bond donors (Lipinski definition) is 0. The molecule has 6 heteroatoms. The zero-order chi connectivity index (χ0) is 23.7. The van der Waals surface area contributed by atoms with Crippen molar-refractivity contribution in [1.29, 1.82) is 0 Å². The highest BCUT2D eigenvalue weighted by Gasteiger charge is 2.24. The number of ether oxygens (including phenoxy) is 2. The molecule has 4 nitrogen and oxygen atoms in total. The Hall–Kier alpha value is -3.22. The van der Waals surface area contributed by atoms with Crippen molar-refractivity contribution in [3.05, 3.63) is 116 Å². The molecule has 0 atom stereocenters. The molecular weight excluding hydrogens is 558 g/mol. The molecule has 5 rings (SSSR count). The number of halogens is 2. The number of aryl methyl sites for hydroxylation is 1. The summed E-state index contributed by atoms with van der Waals surface area (Å²) in [5.74, 6) is 0.520. The molecule has 4 aromatic carbocycles. The van der Waals surface area contributed by atoms with Crippen molar-refractivity contribution in [2.24, 2.45) is 4.99 Å². The summed E-state index contributed by atoms with van der Waals surface area (Å²) in [6.07, 6.45) is 1.70. The van der Waals surface area contributed by atoms with E-state index >= 15 is 0 Å². The van der Waals surface area contributed by atoms with Gasteiger partial charge >= 0.3 is 5.97 Å². The molecule has 0 spiro atoms. The summed E-state index contributed by atoms with van der Waals surface area (Å²) >= 11 is 7.17. The highest BCUT2D eigenvalue weighted by molar-refractivity contribution is 9.11. The second-order valence-electron chi connectivity index (χ2n) is 7.99. The van der Waals surface area contributed by atoms with Crippen molar-refractivity contribution < 1.29 is 14.3 Å². The highest BCUT2D eigenvalue weighted by Crippen LogP contribution is 2.36. The average molecular weight is 577 g/mol. The molecule has 0 saturated heterocycles. The molecule has 0 unspecified atom stereocenters. The van der Waals surface area contributed by atoms with Gasteiger partial charge in [-0.05, 0) is 91.0 Å². The number of carbonyl (C=O) groups is 1. The van der Waals surface area contributed by atoms with Crippen LogP contribution in [0.25, 0.3) is 16.8 Å². The van der Waals surface area contributed by atoms with E-state index in [4.69, 9.17) is 9.47 Å². The van der Waals surface area contributed by atoms with Gasteiger partial charge in [-0.2, -0.15) is 0 Å². The molecule has 0 aromatic heterocycles. The SMILES string of the molecule is Cc1cccc(COc2c(Br)cc(/C=C3\N=C(c4ccc5ccccc5c4)OC3=O)cc2Br)c1. The third kappa shape index (κ3) is 4.83. The third-order valence-corrected chi connectivity index (χ3v) is 6.58. The summed E-state index contributed by atoms with van der Waals surface area (Å²) in [4.78, 5) is 16.9. The number of esters is 1. The number of hydrogen-bond acceptors (Lipinski definition) is 4. The van der Waals surface area contributed by atoms with E-state index in [1.807, 2.05) is 66.7 Å². The fourth-order valence-corrected chi connectivity index (χ4v) is 5.22. The van der Waals surface area contributed by atoms with Gasteiger partial charge in [0.25, 0.3) is 0 Å². The van der Waals surface area contributed by atoms with E-state index in [0.29, 0.717) is 18.3 Å². The first-order chi connectivity index (χ1) is 16.5. The summed E-state index contributed by atoms with van der Waals surface area (Å²) in [7, 11) is 0. The van der Waals surface area contributed by atoms with Crippen LogP contribution in [0.2, 0.25) is 0 Å². The van der Waals surface area contributed by atoms with Gasteiger partial charge in [-0.3, -0.25) is 0 Å². The molecule has 0 fully saturated rings.